The van der Waals surface area contributed by atoms with Crippen LogP contribution >= 0.6 is 0 Å². The monoisotopic (exact) mass is 133 g/mol. The highest BCUT2D eigenvalue weighted by Crippen LogP contribution is 1.93. The van der Waals surface area contributed by atoms with Crippen molar-refractivity contribution < 1.29 is 5.11 Å². The van der Waals surface area contributed by atoms with Crippen LogP contribution in [0.5, 0.6) is 0 Å². The summed E-state index contributed by atoms with van der Waals surface area (Å²) in [5, 5.41) is 8.66. The summed E-state index contributed by atoms with van der Waals surface area (Å²) in [6.07, 6.45) is 0.598. The minimum atomic E-state index is -0.906. The number of hydrogen-bond acceptors (Lipinski definition) is 4. The highest BCUT2D eigenvalue weighted by atomic mass is 16.3. The van der Waals surface area contributed by atoms with Gasteiger partial charge in [0.25, 0.3) is 0 Å². The third-order valence-electron chi connectivity index (χ3n) is 1.18. The number of nitrogens with two attached hydrogens (primary N) is 3. The minimum absolute atomic E-state index is 0.325. The Kier molecular flexibility index (Phi) is 4.61. The zero-order valence-corrected chi connectivity index (χ0v) is 5.46. The van der Waals surface area contributed by atoms with Crippen molar-refractivity contribution in [2.75, 3.05) is 6.54 Å². The Morgan fingerprint density at radius 1 is 1.33 bits per heavy atom. The van der Waals surface area contributed by atoms with E-state index in [1.54, 1.807) is 0 Å². The van der Waals surface area contributed by atoms with E-state index in [2.05, 4.69) is 0 Å². The van der Waals surface area contributed by atoms with Crippen LogP contribution in [-0.4, -0.2) is 23.9 Å². The van der Waals surface area contributed by atoms with E-state index in [0.29, 0.717) is 13.0 Å². The Balaban J connectivity index is 3.16. The minimum Gasteiger partial charge on any atom is -0.377 e. The lowest BCUT2D eigenvalue weighted by Crippen LogP contribution is -2.41. The number of aliphatic hydroxyl groups is 1. The van der Waals surface area contributed by atoms with Crippen LogP contribution in [-0.2, 0) is 0 Å². The summed E-state index contributed by atoms with van der Waals surface area (Å²) < 4.78 is 0. The molecule has 0 spiro atoms. The predicted molar refractivity (Wildman–Crippen MR) is 36.5 cm³/mol. The first-order valence-electron chi connectivity index (χ1n) is 3.07. The van der Waals surface area contributed by atoms with Gasteiger partial charge in [-0.1, -0.05) is 0 Å². The van der Waals surface area contributed by atoms with Gasteiger partial charge in [0.05, 0.1) is 0 Å². The molecule has 9 heavy (non-hydrogen) atoms. The van der Waals surface area contributed by atoms with Gasteiger partial charge in [-0.15, -0.1) is 0 Å². The first-order valence-corrected chi connectivity index (χ1v) is 3.07. The first-order chi connectivity index (χ1) is 4.18. The van der Waals surface area contributed by atoms with E-state index in [0.717, 1.165) is 6.42 Å². The largest absolute Gasteiger partial charge is 0.377 e. The van der Waals surface area contributed by atoms with Gasteiger partial charge in [0, 0.05) is 6.04 Å². The number of aliphatic hydroxyl groups excluding tert-OH is 1. The van der Waals surface area contributed by atoms with E-state index in [9.17, 15) is 0 Å². The van der Waals surface area contributed by atoms with Crippen LogP contribution in [0.3, 0.4) is 0 Å². The van der Waals surface area contributed by atoms with Crippen molar-refractivity contribution in [1.82, 2.24) is 0 Å². The van der Waals surface area contributed by atoms with E-state index in [1.165, 1.54) is 0 Å². The molecule has 0 rings (SSSR count). The fourth-order valence-corrected chi connectivity index (χ4v) is 0.524. The van der Waals surface area contributed by atoms with Crippen LogP contribution in [0.15, 0.2) is 0 Å². The molecule has 0 radical (unpaired) electrons. The average Bonchev–Trinajstić information content (AvgIpc) is 1.82. The summed E-state index contributed by atoms with van der Waals surface area (Å²) >= 11 is 0. The number of rotatable bonds is 4. The fraction of sp³-hybridized carbons (Fsp3) is 1.00. The Labute approximate surface area is 55.0 Å². The van der Waals surface area contributed by atoms with Crippen LogP contribution in [0.2, 0.25) is 0 Å². The molecule has 2 unspecified atom stereocenters. The maximum absolute atomic E-state index is 8.66. The molecule has 0 aliphatic carbocycles. The lowest BCUT2D eigenvalue weighted by Gasteiger charge is -2.12. The smallest absolute Gasteiger partial charge is 0.117 e. The van der Waals surface area contributed by atoms with Crippen molar-refractivity contribution in [2.45, 2.75) is 25.1 Å². The molecule has 0 saturated heterocycles. The summed E-state index contributed by atoms with van der Waals surface area (Å²) in [6.45, 7) is 0.598. The summed E-state index contributed by atoms with van der Waals surface area (Å²) in [6, 6.07) is -0.325. The van der Waals surface area contributed by atoms with Gasteiger partial charge in [-0.3, -0.25) is 0 Å². The summed E-state index contributed by atoms with van der Waals surface area (Å²) in [5.41, 5.74) is 15.6. The van der Waals surface area contributed by atoms with Gasteiger partial charge in [0.2, 0.25) is 0 Å². The Bertz CT molecular complexity index is 67.2. The second-order valence-electron chi connectivity index (χ2n) is 2.09. The van der Waals surface area contributed by atoms with Gasteiger partial charge in [0.1, 0.15) is 6.23 Å². The zero-order chi connectivity index (χ0) is 7.28. The molecule has 4 heteroatoms. The Morgan fingerprint density at radius 3 is 2.22 bits per heavy atom. The van der Waals surface area contributed by atoms with Crippen molar-refractivity contribution in [2.24, 2.45) is 17.2 Å². The predicted octanol–water partition coefficient (Wildman–Crippen LogP) is -1.67. The fourth-order valence-electron chi connectivity index (χ4n) is 0.524. The summed E-state index contributed by atoms with van der Waals surface area (Å²) in [5.74, 6) is 0. The first kappa shape index (κ1) is 8.84. The van der Waals surface area contributed by atoms with Gasteiger partial charge in [-0.2, -0.15) is 0 Å². The lowest BCUT2D eigenvalue weighted by atomic mass is 10.1. The Hall–Kier alpha value is -0.160. The van der Waals surface area contributed by atoms with Gasteiger partial charge < -0.3 is 22.3 Å². The highest BCUT2D eigenvalue weighted by molar-refractivity contribution is 4.65. The molecule has 0 aliphatic rings. The Morgan fingerprint density at radius 2 is 1.89 bits per heavy atom. The van der Waals surface area contributed by atoms with Crippen molar-refractivity contribution >= 4 is 0 Å². The second kappa shape index (κ2) is 4.69. The van der Waals surface area contributed by atoms with Gasteiger partial charge in [-0.05, 0) is 19.4 Å². The molecule has 0 amide bonds. The topological polar surface area (TPSA) is 98.3 Å². The van der Waals surface area contributed by atoms with E-state index in [-0.39, 0.29) is 6.04 Å². The highest BCUT2D eigenvalue weighted by Gasteiger charge is 2.07. The lowest BCUT2D eigenvalue weighted by molar-refractivity contribution is 0.146. The number of hydrogen-bond donors (Lipinski definition) is 4. The molecule has 0 heterocycles. The third kappa shape index (κ3) is 4.35. The average molecular weight is 133 g/mol. The molecule has 56 valence electrons. The van der Waals surface area contributed by atoms with E-state index in [1.807, 2.05) is 0 Å². The van der Waals surface area contributed by atoms with Crippen molar-refractivity contribution in [3.63, 3.8) is 0 Å². The molecule has 4 nitrogen and oxygen atoms in total. The zero-order valence-electron chi connectivity index (χ0n) is 5.46. The van der Waals surface area contributed by atoms with E-state index >= 15 is 0 Å². The van der Waals surface area contributed by atoms with Gasteiger partial charge in [-0.25, -0.2) is 0 Å². The SMILES string of the molecule is NCCCC(N)C(N)O. The summed E-state index contributed by atoms with van der Waals surface area (Å²) in [4.78, 5) is 0. The van der Waals surface area contributed by atoms with Crippen molar-refractivity contribution in [1.29, 1.82) is 0 Å². The molecule has 0 aromatic heterocycles. The molecular formula is C5H15N3O. The molecule has 0 bridgehead atoms. The summed E-state index contributed by atoms with van der Waals surface area (Å²) in [7, 11) is 0. The molecule has 7 N–H and O–H groups in total. The van der Waals surface area contributed by atoms with Crippen molar-refractivity contribution in [3.8, 4) is 0 Å². The molecule has 0 aromatic carbocycles. The molecule has 0 saturated carbocycles. The van der Waals surface area contributed by atoms with Crippen LogP contribution in [0, 0.1) is 0 Å². The van der Waals surface area contributed by atoms with Crippen molar-refractivity contribution in [3.05, 3.63) is 0 Å². The van der Waals surface area contributed by atoms with Crippen LogP contribution in [0.4, 0.5) is 0 Å². The van der Waals surface area contributed by atoms with Crippen LogP contribution < -0.4 is 17.2 Å². The molecule has 2 atom stereocenters. The molecule has 0 aromatic rings. The quantitative estimate of drug-likeness (QED) is 0.345. The standard InChI is InChI=1S/C5H15N3O/c6-3-1-2-4(7)5(8)9/h4-5,9H,1-3,6-8H2. The third-order valence-corrected chi connectivity index (χ3v) is 1.18. The van der Waals surface area contributed by atoms with Gasteiger partial charge in [0.15, 0.2) is 0 Å². The maximum atomic E-state index is 8.66. The molecular weight excluding hydrogens is 118 g/mol. The normalized spacial score (nSPS) is 17.3. The maximum Gasteiger partial charge on any atom is 0.117 e. The molecule has 0 aliphatic heterocycles. The van der Waals surface area contributed by atoms with Crippen LogP contribution in [0.25, 0.3) is 0 Å². The van der Waals surface area contributed by atoms with Crippen LogP contribution in [0.1, 0.15) is 12.8 Å². The van der Waals surface area contributed by atoms with E-state index < -0.39 is 6.23 Å². The van der Waals surface area contributed by atoms with E-state index in [4.69, 9.17) is 22.3 Å². The second-order valence-corrected chi connectivity index (χ2v) is 2.09. The van der Waals surface area contributed by atoms with Gasteiger partial charge >= 0.3 is 0 Å². The molecule has 0 fully saturated rings.